The fourth-order valence-corrected chi connectivity index (χ4v) is 2.95. The maximum Gasteiger partial charge on any atom is 0.155 e. The van der Waals surface area contributed by atoms with E-state index in [1.54, 1.807) is 0 Å². The van der Waals surface area contributed by atoms with Gasteiger partial charge in [0.05, 0.1) is 0 Å². The van der Waals surface area contributed by atoms with Crippen molar-refractivity contribution in [2.75, 3.05) is 13.1 Å². The highest BCUT2D eigenvalue weighted by Crippen LogP contribution is 2.27. The van der Waals surface area contributed by atoms with Gasteiger partial charge < -0.3 is 5.32 Å². The van der Waals surface area contributed by atoms with Gasteiger partial charge >= 0.3 is 0 Å². The summed E-state index contributed by atoms with van der Waals surface area (Å²) in [5, 5.41) is 15.6. The molecule has 5 heteroatoms. The zero-order valence-electron chi connectivity index (χ0n) is 9.60. The summed E-state index contributed by atoms with van der Waals surface area (Å²) in [6.45, 7) is 3.16. The maximum absolute atomic E-state index is 4.20. The lowest BCUT2D eigenvalue weighted by molar-refractivity contribution is 0.405. The van der Waals surface area contributed by atoms with E-state index in [-0.39, 0.29) is 0 Å². The molecule has 2 heterocycles. The number of aromatic nitrogens is 4. The molecule has 2 fully saturated rings. The van der Waals surface area contributed by atoms with Gasteiger partial charge in [-0.15, -0.1) is 5.10 Å². The minimum absolute atomic E-state index is 0.524. The topological polar surface area (TPSA) is 55.6 Å². The molecule has 0 spiro atoms. The van der Waals surface area contributed by atoms with E-state index in [4.69, 9.17) is 0 Å². The molecular formula is C11H19N5. The zero-order chi connectivity index (χ0) is 10.8. The molecule has 1 aromatic heterocycles. The Hall–Kier alpha value is -0.970. The first-order valence-electron chi connectivity index (χ1n) is 6.40. The van der Waals surface area contributed by atoms with Crippen molar-refractivity contribution in [2.45, 2.75) is 44.6 Å². The van der Waals surface area contributed by atoms with E-state index in [1.807, 2.05) is 4.68 Å². The van der Waals surface area contributed by atoms with Crippen LogP contribution in [0.5, 0.6) is 0 Å². The van der Waals surface area contributed by atoms with Crippen LogP contribution in [-0.2, 0) is 6.54 Å². The minimum atomic E-state index is 0.524. The first-order chi connectivity index (χ1) is 7.93. The molecule has 1 aliphatic carbocycles. The van der Waals surface area contributed by atoms with Crippen molar-refractivity contribution in [3.63, 3.8) is 0 Å². The van der Waals surface area contributed by atoms with E-state index in [0.717, 1.165) is 31.4 Å². The molecule has 0 aromatic carbocycles. The second kappa shape index (κ2) is 4.49. The summed E-state index contributed by atoms with van der Waals surface area (Å²) in [6.07, 6.45) is 6.63. The Morgan fingerprint density at radius 1 is 1.25 bits per heavy atom. The summed E-state index contributed by atoms with van der Waals surface area (Å²) in [6, 6.07) is 0. The van der Waals surface area contributed by atoms with Crippen molar-refractivity contribution >= 4 is 0 Å². The average Bonchev–Trinajstić information content (AvgIpc) is 2.98. The van der Waals surface area contributed by atoms with Crippen LogP contribution < -0.4 is 5.32 Å². The molecule has 0 bridgehead atoms. The van der Waals surface area contributed by atoms with Crippen molar-refractivity contribution in [2.24, 2.45) is 5.92 Å². The summed E-state index contributed by atoms with van der Waals surface area (Å²) >= 11 is 0. The van der Waals surface area contributed by atoms with Gasteiger partial charge in [0.1, 0.15) is 0 Å². The maximum atomic E-state index is 4.20. The van der Waals surface area contributed by atoms with Gasteiger partial charge in [0.2, 0.25) is 0 Å². The van der Waals surface area contributed by atoms with E-state index in [1.165, 1.54) is 32.1 Å². The lowest BCUT2D eigenvalue weighted by Crippen LogP contribution is -2.16. The highest BCUT2D eigenvalue weighted by molar-refractivity contribution is 4.98. The predicted molar refractivity (Wildman–Crippen MR) is 60.0 cm³/mol. The molecule has 3 rings (SSSR count). The van der Waals surface area contributed by atoms with Crippen LogP contribution in [0.4, 0.5) is 0 Å². The Labute approximate surface area is 95.6 Å². The Kier molecular flexibility index (Phi) is 2.86. The number of hydrogen-bond acceptors (Lipinski definition) is 4. The zero-order valence-corrected chi connectivity index (χ0v) is 9.60. The van der Waals surface area contributed by atoms with E-state index in [0.29, 0.717) is 5.92 Å². The highest BCUT2D eigenvalue weighted by atomic mass is 15.5. The molecule has 1 saturated heterocycles. The first-order valence-corrected chi connectivity index (χ1v) is 6.40. The van der Waals surface area contributed by atoms with Crippen molar-refractivity contribution in [1.82, 2.24) is 25.5 Å². The molecular weight excluding hydrogens is 202 g/mol. The molecule has 0 amide bonds. The number of hydrogen-bond donors (Lipinski definition) is 1. The number of tetrazole rings is 1. The molecule has 1 saturated carbocycles. The monoisotopic (exact) mass is 221 g/mol. The second-order valence-electron chi connectivity index (χ2n) is 5.06. The van der Waals surface area contributed by atoms with Crippen molar-refractivity contribution in [3.8, 4) is 0 Å². The van der Waals surface area contributed by atoms with Gasteiger partial charge in [-0.25, -0.2) is 4.68 Å². The van der Waals surface area contributed by atoms with Gasteiger partial charge in [-0.3, -0.25) is 0 Å². The summed E-state index contributed by atoms with van der Waals surface area (Å²) < 4.78 is 2.05. The van der Waals surface area contributed by atoms with E-state index >= 15 is 0 Å². The number of rotatable bonds is 3. The van der Waals surface area contributed by atoms with Crippen LogP contribution in [0.2, 0.25) is 0 Å². The number of nitrogens with one attached hydrogen (secondary N) is 1. The standard InChI is InChI=1S/C11H19N5/c1-2-4-9(3-1)8-16-11(13-14-15-16)10-5-6-12-7-10/h9-10,12H,1-8H2. The molecule has 1 atom stereocenters. The third-order valence-electron chi connectivity index (χ3n) is 3.89. The summed E-state index contributed by atoms with van der Waals surface area (Å²) in [5.74, 6) is 2.42. The normalized spacial score (nSPS) is 26.6. The Morgan fingerprint density at radius 3 is 2.88 bits per heavy atom. The summed E-state index contributed by atoms with van der Waals surface area (Å²) in [5.41, 5.74) is 0. The molecule has 2 aliphatic rings. The van der Waals surface area contributed by atoms with Crippen LogP contribution in [0.25, 0.3) is 0 Å². The van der Waals surface area contributed by atoms with Crippen LogP contribution in [0.15, 0.2) is 0 Å². The van der Waals surface area contributed by atoms with Crippen LogP contribution in [0, 0.1) is 5.92 Å². The van der Waals surface area contributed by atoms with E-state index < -0.39 is 0 Å². The largest absolute Gasteiger partial charge is 0.316 e. The molecule has 16 heavy (non-hydrogen) atoms. The van der Waals surface area contributed by atoms with Gasteiger partial charge in [0.15, 0.2) is 5.82 Å². The van der Waals surface area contributed by atoms with Gasteiger partial charge in [-0.2, -0.15) is 0 Å². The van der Waals surface area contributed by atoms with Gasteiger partial charge in [-0.1, -0.05) is 12.8 Å². The van der Waals surface area contributed by atoms with E-state index in [9.17, 15) is 0 Å². The lowest BCUT2D eigenvalue weighted by atomic mass is 10.1. The van der Waals surface area contributed by atoms with E-state index in [2.05, 4.69) is 20.8 Å². The quantitative estimate of drug-likeness (QED) is 0.825. The smallest absolute Gasteiger partial charge is 0.155 e. The molecule has 0 radical (unpaired) electrons. The molecule has 1 aromatic rings. The summed E-state index contributed by atoms with van der Waals surface area (Å²) in [4.78, 5) is 0. The minimum Gasteiger partial charge on any atom is -0.316 e. The fourth-order valence-electron chi connectivity index (χ4n) is 2.95. The Morgan fingerprint density at radius 2 is 2.12 bits per heavy atom. The van der Waals surface area contributed by atoms with Crippen LogP contribution in [0.1, 0.15) is 43.8 Å². The first kappa shape index (κ1) is 10.2. The second-order valence-corrected chi connectivity index (χ2v) is 5.06. The van der Waals surface area contributed by atoms with Gasteiger partial charge in [0.25, 0.3) is 0 Å². The average molecular weight is 221 g/mol. The van der Waals surface area contributed by atoms with Crippen molar-refractivity contribution < 1.29 is 0 Å². The SMILES string of the molecule is C1CCC(Cn2nnnc2C2CCNC2)C1. The van der Waals surface area contributed by atoms with Crippen LogP contribution in [0.3, 0.4) is 0 Å². The summed E-state index contributed by atoms with van der Waals surface area (Å²) in [7, 11) is 0. The molecule has 5 nitrogen and oxygen atoms in total. The van der Waals surface area contributed by atoms with Gasteiger partial charge in [-0.05, 0) is 42.2 Å². The van der Waals surface area contributed by atoms with Crippen molar-refractivity contribution in [1.29, 1.82) is 0 Å². The Balaban J connectivity index is 1.71. The molecule has 1 aliphatic heterocycles. The molecule has 1 N–H and O–H groups in total. The molecule has 1 unspecified atom stereocenters. The fraction of sp³-hybridized carbons (Fsp3) is 0.909. The Bertz CT molecular complexity index is 336. The van der Waals surface area contributed by atoms with Crippen LogP contribution in [-0.4, -0.2) is 33.3 Å². The highest BCUT2D eigenvalue weighted by Gasteiger charge is 2.24. The predicted octanol–water partition coefficient (Wildman–Crippen LogP) is 0.940. The third kappa shape index (κ3) is 1.96. The number of nitrogens with zero attached hydrogens (tertiary/aromatic N) is 4. The van der Waals surface area contributed by atoms with Gasteiger partial charge in [0, 0.05) is 19.0 Å². The lowest BCUT2D eigenvalue weighted by Gasteiger charge is -2.12. The third-order valence-corrected chi connectivity index (χ3v) is 3.89. The molecule has 88 valence electrons. The van der Waals surface area contributed by atoms with Crippen molar-refractivity contribution in [3.05, 3.63) is 5.82 Å². The van der Waals surface area contributed by atoms with Crippen LogP contribution >= 0.6 is 0 Å².